The van der Waals surface area contributed by atoms with Gasteiger partial charge in [-0.1, -0.05) is 0 Å². The Kier molecular flexibility index (Phi) is 7.05. The third-order valence-corrected chi connectivity index (χ3v) is 2.40. The molecule has 0 aliphatic rings. The number of ether oxygens (including phenoxy) is 2. The summed E-state index contributed by atoms with van der Waals surface area (Å²) < 4.78 is 9.98. The molecule has 18 heavy (non-hydrogen) atoms. The number of unbranched alkanes of at least 4 members (excludes halogenated alkanes) is 2. The molecule has 6 heteroatoms. The summed E-state index contributed by atoms with van der Waals surface area (Å²) in [6.45, 7) is 2.05. The molecule has 3 N–H and O–H groups in total. The van der Waals surface area contributed by atoms with Crippen LogP contribution >= 0.6 is 0 Å². The Morgan fingerprint density at radius 3 is 2.72 bits per heavy atom. The summed E-state index contributed by atoms with van der Waals surface area (Å²) in [5.74, 6) is 1.81. The van der Waals surface area contributed by atoms with Crippen LogP contribution in [0.25, 0.3) is 0 Å². The van der Waals surface area contributed by atoms with Gasteiger partial charge < -0.3 is 20.5 Å². The SMILES string of the molecule is COCCCCCNc1cc(N)nc(COC)n1. The zero-order valence-corrected chi connectivity index (χ0v) is 11.1. The number of hydrogen-bond acceptors (Lipinski definition) is 6. The van der Waals surface area contributed by atoms with E-state index in [4.69, 9.17) is 15.2 Å². The van der Waals surface area contributed by atoms with Gasteiger partial charge in [-0.2, -0.15) is 0 Å². The zero-order chi connectivity index (χ0) is 13.2. The molecule has 0 bridgehead atoms. The molecule has 1 heterocycles. The van der Waals surface area contributed by atoms with Crippen LogP contribution in [0.5, 0.6) is 0 Å². The molecule has 0 saturated carbocycles. The molecule has 0 fully saturated rings. The van der Waals surface area contributed by atoms with E-state index in [2.05, 4.69) is 15.3 Å². The van der Waals surface area contributed by atoms with Crippen molar-refractivity contribution in [2.75, 3.05) is 38.4 Å². The van der Waals surface area contributed by atoms with Gasteiger partial charge in [0.1, 0.15) is 18.2 Å². The van der Waals surface area contributed by atoms with Crippen LogP contribution in [0.4, 0.5) is 11.6 Å². The fraction of sp³-hybridized carbons (Fsp3) is 0.667. The summed E-state index contributed by atoms with van der Waals surface area (Å²) in [6, 6.07) is 1.73. The van der Waals surface area contributed by atoms with E-state index >= 15 is 0 Å². The Morgan fingerprint density at radius 2 is 2.00 bits per heavy atom. The van der Waals surface area contributed by atoms with Crippen molar-refractivity contribution < 1.29 is 9.47 Å². The van der Waals surface area contributed by atoms with E-state index in [0.29, 0.717) is 18.2 Å². The van der Waals surface area contributed by atoms with Crippen LogP contribution in [0.2, 0.25) is 0 Å². The first kappa shape index (κ1) is 14.7. The van der Waals surface area contributed by atoms with Crippen LogP contribution in [0, 0.1) is 0 Å². The highest BCUT2D eigenvalue weighted by atomic mass is 16.5. The second-order valence-corrected chi connectivity index (χ2v) is 4.01. The Labute approximate surface area is 108 Å². The summed E-state index contributed by atoms with van der Waals surface area (Å²) in [7, 11) is 3.33. The third-order valence-electron chi connectivity index (χ3n) is 2.40. The number of rotatable bonds is 9. The molecule has 0 saturated heterocycles. The summed E-state index contributed by atoms with van der Waals surface area (Å²) in [5, 5.41) is 3.23. The lowest BCUT2D eigenvalue weighted by atomic mass is 10.2. The Balaban J connectivity index is 2.32. The lowest BCUT2D eigenvalue weighted by Crippen LogP contribution is -2.08. The standard InChI is InChI=1S/C12H22N4O2/c1-17-7-5-3-4-6-14-11-8-10(13)15-12(16-11)9-18-2/h8H,3-7,9H2,1-2H3,(H3,13,14,15,16). The van der Waals surface area contributed by atoms with Gasteiger partial charge in [0, 0.05) is 33.4 Å². The highest BCUT2D eigenvalue weighted by molar-refractivity contribution is 5.44. The first-order chi connectivity index (χ1) is 8.76. The van der Waals surface area contributed by atoms with Crippen molar-refractivity contribution in [3.05, 3.63) is 11.9 Å². The normalized spacial score (nSPS) is 10.6. The first-order valence-electron chi connectivity index (χ1n) is 6.11. The number of nitrogen functional groups attached to an aromatic ring is 1. The summed E-state index contributed by atoms with van der Waals surface area (Å²) in [4.78, 5) is 8.38. The maximum absolute atomic E-state index is 5.70. The van der Waals surface area contributed by atoms with Gasteiger partial charge in [-0.3, -0.25) is 0 Å². The van der Waals surface area contributed by atoms with Crippen LogP contribution in [0.1, 0.15) is 25.1 Å². The topological polar surface area (TPSA) is 82.3 Å². The molecule has 0 aliphatic heterocycles. The fourth-order valence-electron chi connectivity index (χ4n) is 1.57. The van der Waals surface area contributed by atoms with E-state index in [1.807, 2.05) is 0 Å². The minimum atomic E-state index is 0.369. The van der Waals surface area contributed by atoms with Crippen molar-refractivity contribution in [3.8, 4) is 0 Å². The molecule has 0 amide bonds. The van der Waals surface area contributed by atoms with Crippen LogP contribution in [0.3, 0.4) is 0 Å². The second-order valence-electron chi connectivity index (χ2n) is 4.01. The lowest BCUT2D eigenvalue weighted by Gasteiger charge is -2.08. The second kappa shape index (κ2) is 8.66. The predicted octanol–water partition coefficient (Wildman–Crippen LogP) is 1.43. The summed E-state index contributed by atoms with van der Waals surface area (Å²) in [5.41, 5.74) is 5.70. The van der Waals surface area contributed by atoms with Crippen molar-refractivity contribution in [3.63, 3.8) is 0 Å². The number of hydrogen-bond donors (Lipinski definition) is 2. The molecule has 0 radical (unpaired) electrons. The first-order valence-corrected chi connectivity index (χ1v) is 6.11. The van der Waals surface area contributed by atoms with Gasteiger partial charge in [-0.15, -0.1) is 0 Å². The fourth-order valence-corrected chi connectivity index (χ4v) is 1.57. The van der Waals surface area contributed by atoms with Crippen LogP contribution < -0.4 is 11.1 Å². The van der Waals surface area contributed by atoms with Crippen LogP contribution in [-0.4, -0.2) is 37.3 Å². The summed E-state index contributed by atoms with van der Waals surface area (Å²) >= 11 is 0. The minimum absolute atomic E-state index is 0.369. The smallest absolute Gasteiger partial charge is 0.158 e. The van der Waals surface area contributed by atoms with Gasteiger partial charge in [0.15, 0.2) is 5.82 Å². The average Bonchev–Trinajstić information content (AvgIpc) is 2.33. The maximum atomic E-state index is 5.70. The molecular formula is C12H22N4O2. The molecule has 0 spiro atoms. The van der Waals surface area contributed by atoms with Gasteiger partial charge in [0.05, 0.1) is 0 Å². The molecule has 1 rings (SSSR count). The predicted molar refractivity (Wildman–Crippen MR) is 71.4 cm³/mol. The van der Waals surface area contributed by atoms with Gasteiger partial charge >= 0.3 is 0 Å². The molecule has 0 atom stereocenters. The number of nitrogens with one attached hydrogen (secondary N) is 1. The molecule has 1 aromatic rings. The van der Waals surface area contributed by atoms with E-state index in [1.54, 1.807) is 20.3 Å². The van der Waals surface area contributed by atoms with Gasteiger partial charge in [-0.25, -0.2) is 9.97 Å². The molecular weight excluding hydrogens is 232 g/mol. The van der Waals surface area contributed by atoms with E-state index < -0.39 is 0 Å². The number of anilines is 2. The van der Waals surface area contributed by atoms with Crippen LogP contribution in [0.15, 0.2) is 6.07 Å². The average molecular weight is 254 g/mol. The van der Waals surface area contributed by atoms with Crippen LogP contribution in [-0.2, 0) is 16.1 Å². The molecule has 0 aliphatic carbocycles. The molecule has 6 nitrogen and oxygen atoms in total. The van der Waals surface area contributed by atoms with Crippen molar-refractivity contribution in [1.29, 1.82) is 0 Å². The Hall–Kier alpha value is -1.40. The Morgan fingerprint density at radius 1 is 1.17 bits per heavy atom. The summed E-state index contributed by atoms with van der Waals surface area (Å²) in [6.07, 6.45) is 3.29. The maximum Gasteiger partial charge on any atom is 0.158 e. The van der Waals surface area contributed by atoms with E-state index in [0.717, 1.165) is 38.2 Å². The minimum Gasteiger partial charge on any atom is -0.385 e. The number of nitrogens with two attached hydrogens (primary N) is 1. The van der Waals surface area contributed by atoms with Crippen molar-refractivity contribution >= 4 is 11.6 Å². The van der Waals surface area contributed by atoms with Gasteiger partial charge in [0.25, 0.3) is 0 Å². The van der Waals surface area contributed by atoms with Crippen molar-refractivity contribution in [2.24, 2.45) is 0 Å². The highest BCUT2D eigenvalue weighted by Crippen LogP contribution is 2.09. The van der Waals surface area contributed by atoms with E-state index in [1.165, 1.54) is 0 Å². The van der Waals surface area contributed by atoms with Gasteiger partial charge in [-0.05, 0) is 19.3 Å². The molecule has 0 unspecified atom stereocenters. The highest BCUT2D eigenvalue weighted by Gasteiger charge is 2.01. The van der Waals surface area contributed by atoms with Crippen molar-refractivity contribution in [1.82, 2.24) is 9.97 Å². The largest absolute Gasteiger partial charge is 0.385 e. The van der Waals surface area contributed by atoms with Crippen molar-refractivity contribution in [2.45, 2.75) is 25.9 Å². The monoisotopic (exact) mass is 254 g/mol. The molecule has 0 aromatic carbocycles. The quantitative estimate of drug-likeness (QED) is 0.649. The van der Waals surface area contributed by atoms with E-state index in [9.17, 15) is 0 Å². The third kappa shape index (κ3) is 5.79. The van der Waals surface area contributed by atoms with E-state index in [-0.39, 0.29) is 0 Å². The zero-order valence-electron chi connectivity index (χ0n) is 11.1. The van der Waals surface area contributed by atoms with Gasteiger partial charge in [0.2, 0.25) is 0 Å². The Bertz CT molecular complexity index is 347. The lowest BCUT2D eigenvalue weighted by molar-refractivity contribution is 0.178. The number of methoxy groups -OCH3 is 2. The molecule has 1 aromatic heterocycles. The number of nitrogens with zero attached hydrogens (tertiary/aromatic N) is 2. The number of aromatic nitrogens is 2. The molecule has 102 valence electrons.